The van der Waals surface area contributed by atoms with Crippen LogP contribution in [0.1, 0.15) is 56.7 Å². The van der Waals surface area contributed by atoms with Crippen LogP contribution < -0.4 is 5.32 Å². The Hall–Kier alpha value is -0.870. The molecule has 1 aliphatic heterocycles. The van der Waals surface area contributed by atoms with E-state index in [2.05, 4.69) is 27.4 Å². The summed E-state index contributed by atoms with van der Waals surface area (Å²) in [7, 11) is 0. The van der Waals surface area contributed by atoms with E-state index in [0.717, 1.165) is 18.2 Å². The summed E-state index contributed by atoms with van der Waals surface area (Å²) < 4.78 is 7.94. The molecule has 0 bridgehead atoms. The molecule has 4 nitrogen and oxygen atoms in total. The van der Waals surface area contributed by atoms with E-state index in [0.29, 0.717) is 12.6 Å². The summed E-state index contributed by atoms with van der Waals surface area (Å²) in [5.74, 6) is 0.815. The van der Waals surface area contributed by atoms with Gasteiger partial charge >= 0.3 is 0 Å². The Labute approximate surface area is 121 Å². The Bertz CT molecular complexity index is 392. The first kappa shape index (κ1) is 14.1. The fourth-order valence-corrected chi connectivity index (χ4v) is 3.39. The first-order chi connectivity index (χ1) is 9.92. The molecule has 2 heterocycles. The molecule has 0 amide bonds. The molecular formula is C16H27N3O. The van der Waals surface area contributed by atoms with Gasteiger partial charge in [0.1, 0.15) is 0 Å². The van der Waals surface area contributed by atoms with E-state index in [9.17, 15) is 0 Å². The number of hydrogen-bond acceptors (Lipinski definition) is 3. The molecule has 1 saturated heterocycles. The van der Waals surface area contributed by atoms with Crippen molar-refractivity contribution >= 4 is 0 Å². The maximum absolute atomic E-state index is 5.78. The maximum Gasteiger partial charge on any atom is 0.0906 e. The Balaban J connectivity index is 1.38. The van der Waals surface area contributed by atoms with Crippen molar-refractivity contribution in [2.75, 3.05) is 19.7 Å². The zero-order valence-electron chi connectivity index (χ0n) is 12.4. The van der Waals surface area contributed by atoms with Gasteiger partial charge in [-0.05, 0) is 50.8 Å². The minimum Gasteiger partial charge on any atom is -0.375 e. The van der Waals surface area contributed by atoms with Crippen molar-refractivity contribution in [1.29, 1.82) is 0 Å². The topological polar surface area (TPSA) is 39.1 Å². The minimum absolute atomic E-state index is 0.627. The minimum atomic E-state index is 0.627. The van der Waals surface area contributed by atoms with Crippen LogP contribution in [-0.4, -0.2) is 29.5 Å². The highest BCUT2D eigenvalue weighted by Crippen LogP contribution is 2.27. The van der Waals surface area contributed by atoms with E-state index < -0.39 is 0 Å². The van der Waals surface area contributed by atoms with Crippen LogP contribution in [0.25, 0.3) is 0 Å². The molecule has 1 aliphatic carbocycles. The lowest BCUT2D eigenvalue weighted by atomic mass is 9.96. The Kier molecular flexibility index (Phi) is 5.09. The lowest BCUT2D eigenvalue weighted by molar-refractivity contribution is 0.106. The number of nitrogens with one attached hydrogen (secondary N) is 1. The molecule has 20 heavy (non-hydrogen) atoms. The summed E-state index contributed by atoms with van der Waals surface area (Å²) in [6.45, 7) is 3.87. The largest absolute Gasteiger partial charge is 0.375 e. The quantitative estimate of drug-likeness (QED) is 0.813. The molecule has 1 saturated carbocycles. The molecule has 112 valence electrons. The fraction of sp³-hybridized carbons (Fsp3) is 0.812. The summed E-state index contributed by atoms with van der Waals surface area (Å²) in [4.78, 5) is 0. The van der Waals surface area contributed by atoms with Gasteiger partial charge in [-0.25, -0.2) is 0 Å². The molecule has 4 heteroatoms. The van der Waals surface area contributed by atoms with Gasteiger partial charge in [-0.2, -0.15) is 5.10 Å². The normalized spacial score (nSPS) is 24.3. The van der Waals surface area contributed by atoms with E-state index in [4.69, 9.17) is 4.74 Å². The zero-order chi connectivity index (χ0) is 13.6. The molecule has 0 spiro atoms. The lowest BCUT2D eigenvalue weighted by Gasteiger charge is -2.21. The van der Waals surface area contributed by atoms with Crippen molar-refractivity contribution in [3.8, 4) is 0 Å². The van der Waals surface area contributed by atoms with Crippen molar-refractivity contribution < 1.29 is 4.74 Å². The standard InChI is InChI=1S/C16H27N3O/c1-2-4-16(5-3-1)19-10-7-15(18-19)13-20-11-8-14-6-9-17-12-14/h7,10,14,16-17H,1-6,8-9,11-13H2. The summed E-state index contributed by atoms with van der Waals surface area (Å²) in [6.07, 6.45) is 11.3. The van der Waals surface area contributed by atoms with Gasteiger partial charge in [-0.15, -0.1) is 0 Å². The van der Waals surface area contributed by atoms with Gasteiger partial charge in [0.25, 0.3) is 0 Å². The first-order valence-corrected chi connectivity index (χ1v) is 8.24. The second kappa shape index (κ2) is 7.23. The number of ether oxygens (including phenoxy) is 1. The van der Waals surface area contributed by atoms with Crippen molar-refractivity contribution in [1.82, 2.24) is 15.1 Å². The van der Waals surface area contributed by atoms with Gasteiger partial charge in [-0.1, -0.05) is 19.3 Å². The van der Waals surface area contributed by atoms with Crippen molar-refractivity contribution in [3.05, 3.63) is 18.0 Å². The van der Waals surface area contributed by atoms with Gasteiger partial charge in [-0.3, -0.25) is 4.68 Å². The van der Waals surface area contributed by atoms with Gasteiger partial charge in [0.2, 0.25) is 0 Å². The third-order valence-corrected chi connectivity index (χ3v) is 4.70. The summed E-state index contributed by atoms with van der Waals surface area (Å²) in [5.41, 5.74) is 1.08. The van der Waals surface area contributed by atoms with Gasteiger partial charge in [0, 0.05) is 12.8 Å². The number of aromatic nitrogens is 2. The highest BCUT2D eigenvalue weighted by Gasteiger charge is 2.16. The zero-order valence-corrected chi connectivity index (χ0v) is 12.4. The van der Waals surface area contributed by atoms with Gasteiger partial charge in [0.15, 0.2) is 0 Å². The van der Waals surface area contributed by atoms with Crippen molar-refractivity contribution in [2.24, 2.45) is 5.92 Å². The van der Waals surface area contributed by atoms with Crippen LogP contribution in [0, 0.1) is 5.92 Å². The molecule has 1 aromatic heterocycles. The number of rotatable bonds is 6. The summed E-state index contributed by atoms with van der Waals surface area (Å²) >= 11 is 0. The SMILES string of the molecule is c1cn(C2CCCCC2)nc1COCCC1CCNC1. The molecule has 1 N–H and O–H groups in total. The summed E-state index contributed by atoms with van der Waals surface area (Å²) in [5, 5.41) is 8.08. The molecule has 0 radical (unpaired) electrons. The van der Waals surface area contributed by atoms with Gasteiger partial charge < -0.3 is 10.1 Å². The second-order valence-corrected chi connectivity index (χ2v) is 6.28. The average molecular weight is 277 g/mol. The highest BCUT2D eigenvalue weighted by atomic mass is 16.5. The molecule has 3 rings (SSSR count). The average Bonchev–Trinajstić information content (AvgIpc) is 3.16. The molecule has 1 atom stereocenters. The van der Waals surface area contributed by atoms with Crippen LogP contribution in [0.15, 0.2) is 12.3 Å². The molecule has 1 unspecified atom stereocenters. The Morgan fingerprint density at radius 2 is 2.15 bits per heavy atom. The summed E-state index contributed by atoms with van der Waals surface area (Å²) in [6, 6.07) is 2.74. The Morgan fingerprint density at radius 1 is 1.25 bits per heavy atom. The van der Waals surface area contributed by atoms with Crippen LogP contribution in [0.4, 0.5) is 0 Å². The predicted octanol–water partition coefficient (Wildman–Crippen LogP) is 2.90. The molecule has 1 aromatic rings. The first-order valence-electron chi connectivity index (χ1n) is 8.24. The van der Waals surface area contributed by atoms with Crippen LogP contribution in [-0.2, 0) is 11.3 Å². The van der Waals surface area contributed by atoms with Crippen molar-refractivity contribution in [3.63, 3.8) is 0 Å². The smallest absolute Gasteiger partial charge is 0.0906 e. The van der Waals surface area contributed by atoms with E-state index >= 15 is 0 Å². The molecule has 2 aliphatic rings. The third kappa shape index (κ3) is 3.83. The van der Waals surface area contributed by atoms with E-state index in [1.807, 2.05) is 0 Å². The van der Waals surface area contributed by atoms with Crippen LogP contribution in [0.3, 0.4) is 0 Å². The molecular weight excluding hydrogens is 250 g/mol. The van der Waals surface area contributed by atoms with Gasteiger partial charge in [0.05, 0.1) is 18.3 Å². The lowest BCUT2D eigenvalue weighted by Crippen LogP contribution is -2.13. The van der Waals surface area contributed by atoms with Crippen LogP contribution in [0.5, 0.6) is 0 Å². The molecule has 0 aromatic carbocycles. The van der Waals surface area contributed by atoms with E-state index in [-0.39, 0.29) is 0 Å². The molecule has 2 fully saturated rings. The fourth-order valence-electron chi connectivity index (χ4n) is 3.39. The number of nitrogens with zero attached hydrogens (tertiary/aromatic N) is 2. The maximum atomic E-state index is 5.78. The van der Waals surface area contributed by atoms with Crippen LogP contribution in [0.2, 0.25) is 0 Å². The second-order valence-electron chi connectivity index (χ2n) is 6.28. The third-order valence-electron chi connectivity index (χ3n) is 4.70. The van der Waals surface area contributed by atoms with E-state index in [1.165, 1.54) is 58.0 Å². The van der Waals surface area contributed by atoms with E-state index in [1.54, 1.807) is 0 Å². The highest BCUT2D eigenvalue weighted by molar-refractivity contribution is 4.98. The predicted molar refractivity (Wildman–Crippen MR) is 79.6 cm³/mol. The number of hydrogen-bond donors (Lipinski definition) is 1. The Morgan fingerprint density at radius 3 is 2.95 bits per heavy atom. The van der Waals surface area contributed by atoms with Crippen LogP contribution >= 0.6 is 0 Å². The van der Waals surface area contributed by atoms with Crippen molar-refractivity contribution in [2.45, 2.75) is 57.6 Å². The monoisotopic (exact) mass is 277 g/mol.